The first kappa shape index (κ1) is 11.1. The Morgan fingerprint density at radius 1 is 1.09 bits per heavy atom. The van der Waals surface area contributed by atoms with Gasteiger partial charge < -0.3 is 0 Å². The lowest BCUT2D eigenvalue weighted by Gasteiger charge is -2.27. The van der Waals surface area contributed by atoms with E-state index in [0.29, 0.717) is 5.41 Å². The maximum absolute atomic E-state index is 2.36. The summed E-state index contributed by atoms with van der Waals surface area (Å²) in [6.07, 6.45) is 1.38. The molecule has 0 saturated heterocycles. The molecule has 66 valence electrons. The molecule has 0 fully saturated rings. The largest absolute Gasteiger partial charge is 0.123 e. The highest BCUT2D eigenvalue weighted by Crippen LogP contribution is 2.28. The molecule has 1 heteroatoms. The van der Waals surface area contributed by atoms with E-state index in [-0.39, 0.29) is 0 Å². The van der Waals surface area contributed by atoms with Gasteiger partial charge in [-0.1, -0.05) is 53.7 Å². The van der Waals surface area contributed by atoms with E-state index in [1.165, 1.54) is 13.6 Å². The maximum atomic E-state index is 2.36. The lowest BCUT2D eigenvalue weighted by Crippen LogP contribution is -2.19. The second kappa shape index (κ2) is 4.18. The molecule has 0 aliphatic carbocycles. The van der Waals surface area contributed by atoms with E-state index < -0.39 is 0 Å². The van der Waals surface area contributed by atoms with Gasteiger partial charge in [0.2, 0.25) is 0 Å². The van der Waals surface area contributed by atoms with Crippen molar-refractivity contribution < 1.29 is 0 Å². The summed E-state index contributed by atoms with van der Waals surface area (Å²) in [5.41, 5.74) is 0.495. The average Bonchev–Trinajstić information content (AvgIpc) is 1.80. The number of hydrogen-bond acceptors (Lipinski definition) is 0. The predicted octanol–water partition coefficient (Wildman–Crippen LogP) is 3.35. The molecule has 1 atom stereocenters. The molecule has 0 aromatic heterocycles. The van der Waals surface area contributed by atoms with E-state index in [2.05, 4.69) is 41.5 Å². The highest BCUT2D eigenvalue weighted by molar-refractivity contribution is 6.37. The second-order valence-corrected chi connectivity index (χ2v) is 5.24. The third kappa shape index (κ3) is 5.35. The van der Waals surface area contributed by atoms with Gasteiger partial charge in [0.15, 0.2) is 0 Å². The van der Waals surface area contributed by atoms with Crippen molar-refractivity contribution in [3.63, 3.8) is 0 Å². The van der Waals surface area contributed by atoms with E-state index in [4.69, 9.17) is 0 Å². The van der Waals surface area contributed by atoms with Crippen LogP contribution in [0.3, 0.4) is 0 Å². The molecule has 0 amide bonds. The molecular formula is C10H23B. The van der Waals surface area contributed by atoms with E-state index in [0.717, 1.165) is 11.7 Å². The van der Waals surface area contributed by atoms with Crippen molar-refractivity contribution >= 4 is 7.28 Å². The molecule has 11 heavy (non-hydrogen) atoms. The van der Waals surface area contributed by atoms with Crippen LogP contribution >= 0.6 is 0 Å². The van der Waals surface area contributed by atoms with Gasteiger partial charge in [-0.05, 0) is 11.3 Å². The molecule has 0 spiro atoms. The first-order chi connectivity index (χ1) is 4.84. The Bertz CT molecular complexity index is 99.9. The fraction of sp³-hybridized carbons (Fsp3) is 1.00. The fourth-order valence-electron chi connectivity index (χ4n) is 1.02. The van der Waals surface area contributed by atoms with Gasteiger partial charge in [-0.3, -0.25) is 0 Å². The minimum atomic E-state index is 0.495. The summed E-state index contributed by atoms with van der Waals surface area (Å²) < 4.78 is 0. The molecule has 0 rings (SSSR count). The summed E-state index contributed by atoms with van der Waals surface area (Å²) in [5, 5.41) is 0. The topological polar surface area (TPSA) is 0 Å². The van der Waals surface area contributed by atoms with Crippen molar-refractivity contribution in [1.82, 2.24) is 0 Å². The Hall–Kier alpha value is 0.0649. The Morgan fingerprint density at radius 2 is 1.55 bits per heavy atom. The summed E-state index contributed by atoms with van der Waals surface area (Å²) in [5.74, 6) is 1.71. The van der Waals surface area contributed by atoms with Gasteiger partial charge in [0, 0.05) is 0 Å². The van der Waals surface area contributed by atoms with Gasteiger partial charge in [0.25, 0.3) is 0 Å². The van der Waals surface area contributed by atoms with Crippen LogP contribution in [0.5, 0.6) is 0 Å². The summed E-state index contributed by atoms with van der Waals surface area (Å²) in [4.78, 5) is 0. The Labute approximate surface area is 73.0 Å². The zero-order valence-corrected chi connectivity index (χ0v) is 9.07. The van der Waals surface area contributed by atoms with Crippen molar-refractivity contribution in [2.24, 2.45) is 11.3 Å². The molecule has 0 radical (unpaired) electrons. The molecule has 0 heterocycles. The molecule has 0 aromatic carbocycles. The highest BCUT2D eigenvalue weighted by atomic mass is 14.2. The molecule has 1 unspecified atom stereocenters. The molecule has 0 saturated carbocycles. The SMILES string of the molecule is CC(C)BCC(C)C(C)(C)C. The summed E-state index contributed by atoms with van der Waals surface area (Å²) >= 11 is 0. The van der Waals surface area contributed by atoms with Crippen molar-refractivity contribution in [2.45, 2.75) is 53.7 Å². The van der Waals surface area contributed by atoms with Gasteiger partial charge in [0.05, 0.1) is 0 Å². The molecular weight excluding hydrogens is 131 g/mol. The molecule has 0 aromatic rings. The van der Waals surface area contributed by atoms with E-state index in [1.54, 1.807) is 0 Å². The van der Waals surface area contributed by atoms with Crippen LogP contribution in [0.4, 0.5) is 0 Å². The lowest BCUT2D eigenvalue weighted by molar-refractivity contribution is 0.283. The van der Waals surface area contributed by atoms with Crippen LogP contribution in [-0.2, 0) is 0 Å². The molecule has 0 aliphatic heterocycles. The Balaban J connectivity index is 3.61. The zero-order valence-electron chi connectivity index (χ0n) is 9.07. The molecule has 0 aliphatic rings. The highest BCUT2D eigenvalue weighted by Gasteiger charge is 2.19. The normalized spacial score (nSPS) is 15.2. The molecule has 0 N–H and O–H groups in total. The minimum Gasteiger partial charge on any atom is -0.0742 e. The monoisotopic (exact) mass is 154 g/mol. The summed E-state index contributed by atoms with van der Waals surface area (Å²) in [7, 11) is 1.37. The van der Waals surface area contributed by atoms with Crippen LogP contribution in [0.1, 0.15) is 41.5 Å². The first-order valence-electron chi connectivity index (χ1n) is 4.84. The third-order valence-corrected chi connectivity index (χ3v) is 2.66. The van der Waals surface area contributed by atoms with Crippen molar-refractivity contribution in [3.8, 4) is 0 Å². The fourth-order valence-corrected chi connectivity index (χ4v) is 1.02. The Kier molecular flexibility index (Phi) is 4.21. The predicted molar refractivity (Wildman–Crippen MR) is 55.7 cm³/mol. The van der Waals surface area contributed by atoms with Gasteiger partial charge in [0.1, 0.15) is 7.28 Å². The standard InChI is InChI=1S/C10H23B/c1-8(2)11-7-9(3)10(4,5)6/h8-9,11H,7H2,1-6H3. The molecule has 0 bridgehead atoms. The summed E-state index contributed by atoms with van der Waals surface area (Å²) in [6, 6.07) is 0. The van der Waals surface area contributed by atoms with Gasteiger partial charge in [-0.2, -0.15) is 0 Å². The smallest absolute Gasteiger partial charge is 0.0742 e. The van der Waals surface area contributed by atoms with Crippen molar-refractivity contribution in [1.29, 1.82) is 0 Å². The van der Waals surface area contributed by atoms with Crippen LogP contribution in [0.15, 0.2) is 0 Å². The number of rotatable bonds is 3. The zero-order chi connectivity index (χ0) is 9.07. The van der Waals surface area contributed by atoms with E-state index in [9.17, 15) is 0 Å². The van der Waals surface area contributed by atoms with Crippen LogP contribution in [0, 0.1) is 11.3 Å². The van der Waals surface area contributed by atoms with Crippen LogP contribution in [-0.4, -0.2) is 7.28 Å². The third-order valence-electron chi connectivity index (χ3n) is 2.66. The second-order valence-electron chi connectivity index (χ2n) is 5.24. The Morgan fingerprint density at radius 3 is 1.82 bits per heavy atom. The van der Waals surface area contributed by atoms with Gasteiger partial charge >= 0.3 is 0 Å². The van der Waals surface area contributed by atoms with Crippen LogP contribution in [0.25, 0.3) is 0 Å². The first-order valence-corrected chi connectivity index (χ1v) is 4.84. The quantitative estimate of drug-likeness (QED) is 0.547. The lowest BCUT2D eigenvalue weighted by atomic mass is 9.57. The van der Waals surface area contributed by atoms with Gasteiger partial charge in [-0.25, -0.2) is 0 Å². The number of hydrogen-bond donors (Lipinski definition) is 0. The van der Waals surface area contributed by atoms with E-state index >= 15 is 0 Å². The van der Waals surface area contributed by atoms with Crippen molar-refractivity contribution in [2.75, 3.05) is 0 Å². The molecule has 0 nitrogen and oxygen atoms in total. The minimum absolute atomic E-state index is 0.495. The van der Waals surface area contributed by atoms with Gasteiger partial charge in [-0.15, -0.1) is 0 Å². The van der Waals surface area contributed by atoms with Crippen LogP contribution in [0.2, 0.25) is 12.1 Å². The summed E-state index contributed by atoms with van der Waals surface area (Å²) in [6.45, 7) is 14.0. The van der Waals surface area contributed by atoms with E-state index in [1.807, 2.05) is 0 Å². The van der Waals surface area contributed by atoms with Crippen LogP contribution < -0.4 is 0 Å². The van der Waals surface area contributed by atoms with Crippen molar-refractivity contribution in [3.05, 3.63) is 0 Å². The average molecular weight is 154 g/mol. The maximum Gasteiger partial charge on any atom is 0.123 e.